The Morgan fingerprint density at radius 3 is 2.90 bits per heavy atom. The van der Waals surface area contributed by atoms with Crippen molar-refractivity contribution in [3.63, 3.8) is 0 Å². The molecule has 2 atom stereocenters. The van der Waals surface area contributed by atoms with Crippen LogP contribution in [-0.2, 0) is 4.79 Å². The van der Waals surface area contributed by atoms with E-state index in [9.17, 15) is 9.59 Å². The molecule has 1 fully saturated rings. The van der Waals surface area contributed by atoms with Crippen LogP contribution in [0.1, 0.15) is 29.6 Å². The van der Waals surface area contributed by atoms with Gasteiger partial charge in [0.2, 0.25) is 0 Å². The van der Waals surface area contributed by atoms with Crippen molar-refractivity contribution in [3.8, 4) is 0 Å². The normalized spacial score (nSPS) is 22.0. The molecule has 5 nitrogen and oxygen atoms in total. The summed E-state index contributed by atoms with van der Waals surface area (Å²) in [6, 6.07) is 7.27. The number of rotatable bonds is 3. The second-order valence-electron chi connectivity index (χ2n) is 5.22. The molecule has 1 aliphatic carbocycles. The number of hydrogen-bond donors (Lipinski definition) is 2. The molecule has 0 radical (unpaired) electrons. The maximum absolute atomic E-state index is 12.2. The van der Waals surface area contributed by atoms with Crippen molar-refractivity contribution in [2.24, 2.45) is 5.92 Å². The van der Waals surface area contributed by atoms with Gasteiger partial charge in [-0.3, -0.25) is 9.59 Å². The highest BCUT2D eigenvalue weighted by molar-refractivity contribution is 5.96. The Bertz CT molecular complexity index is 629. The Labute approximate surface area is 116 Å². The second kappa shape index (κ2) is 5.00. The Morgan fingerprint density at radius 1 is 1.30 bits per heavy atom. The number of carboxylic acid groups (broad SMARTS) is 1. The molecule has 1 aliphatic rings. The van der Waals surface area contributed by atoms with Crippen molar-refractivity contribution >= 4 is 17.4 Å². The molecule has 0 unspecified atom stereocenters. The van der Waals surface area contributed by atoms with Crippen molar-refractivity contribution < 1.29 is 14.7 Å². The molecule has 0 saturated heterocycles. The van der Waals surface area contributed by atoms with E-state index in [0.717, 1.165) is 18.4 Å². The number of amides is 1. The molecule has 2 aromatic heterocycles. The molecule has 0 bridgehead atoms. The van der Waals surface area contributed by atoms with Crippen LogP contribution >= 0.6 is 0 Å². The molecule has 2 aromatic rings. The summed E-state index contributed by atoms with van der Waals surface area (Å²) in [5, 5.41) is 12.0. The van der Waals surface area contributed by atoms with Gasteiger partial charge in [-0.05, 0) is 31.0 Å². The van der Waals surface area contributed by atoms with Gasteiger partial charge in [-0.15, -0.1) is 0 Å². The first-order chi connectivity index (χ1) is 9.65. The zero-order valence-electron chi connectivity index (χ0n) is 11.0. The topological polar surface area (TPSA) is 70.8 Å². The summed E-state index contributed by atoms with van der Waals surface area (Å²) in [5.41, 5.74) is 1.51. The van der Waals surface area contributed by atoms with E-state index in [4.69, 9.17) is 5.11 Å². The van der Waals surface area contributed by atoms with Crippen LogP contribution in [0.15, 0.2) is 36.7 Å². The lowest BCUT2D eigenvalue weighted by Crippen LogP contribution is -2.40. The average molecular weight is 272 g/mol. The van der Waals surface area contributed by atoms with Crippen molar-refractivity contribution in [1.29, 1.82) is 0 Å². The predicted octanol–water partition coefficient (Wildman–Crippen LogP) is 1.92. The number of carbonyl (C=O) groups excluding carboxylic acids is 1. The van der Waals surface area contributed by atoms with Crippen molar-refractivity contribution in [3.05, 3.63) is 42.2 Å². The highest BCUT2D eigenvalue weighted by atomic mass is 16.4. The number of nitrogens with one attached hydrogen (secondary N) is 1. The zero-order valence-corrected chi connectivity index (χ0v) is 11.0. The SMILES string of the molecule is O=C(N[C@H]1CCC[C@H]1C(=O)O)c1cc2ccccn2c1. The van der Waals surface area contributed by atoms with E-state index < -0.39 is 11.9 Å². The third kappa shape index (κ3) is 2.27. The van der Waals surface area contributed by atoms with Crippen LogP contribution in [0.4, 0.5) is 0 Å². The molecular formula is C15H16N2O3. The van der Waals surface area contributed by atoms with E-state index >= 15 is 0 Å². The number of carbonyl (C=O) groups is 2. The minimum absolute atomic E-state index is 0.202. The first-order valence-corrected chi connectivity index (χ1v) is 6.75. The number of aliphatic carboxylic acids is 1. The van der Waals surface area contributed by atoms with Crippen LogP contribution in [0.3, 0.4) is 0 Å². The third-order valence-electron chi connectivity index (χ3n) is 3.92. The van der Waals surface area contributed by atoms with Crippen LogP contribution in [0.25, 0.3) is 5.52 Å². The molecule has 2 N–H and O–H groups in total. The summed E-state index contributed by atoms with van der Waals surface area (Å²) < 4.78 is 1.87. The molecule has 0 spiro atoms. The van der Waals surface area contributed by atoms with Crippen LogP contribution < -0.4 is 5.32 Å². The van der Waals surface area contributed by atoms with E-state index in [1.165, 1.54) is 0 Å². The van der Waals surface area contributed by atoms with Gasteiger partial charge in [-0.1, -0.05) is 12.5 Å². The molecule has 2 heterocycles. The fraction of sp³-hybridized carbons (Fsp3) is 0.333. The third-order valence-corrected chi connectivity index (χ3v) is 3.92. The van der Waals surface area contributed by atoms with Crippen LogP contribution in [0.5, 0.6) is 0 Å². The maximum Gasteiger partial charge on any atom is 0.308 e. The number of hydrogen-bond acceptors (Lipinski definition) is 2. The van der Waals surface area contributed by atoms with E-state index in [1.807, 2.05) is 28.8 Å². The Balaban J connectivity index is 1.77. The standard InChI is InChI=1S/C15H16N2O3/c18-14(16-13-6-3-5-12(13)15(19)20)10-8-11-4-1-2-7-17(11)9-10/h1-2,4,7-9,12-13H,3,5-6H2,(H,16,18)(H,19,20)/t12-,13+/m1/s1. The number of carboxylic acids is 1. The lowest BCUT2D eigenvalue weighted by Gasteiger charge is -2.16. The number of pyridine rings is 1. The van der Waals surface area contributed by atoms with Gasteiger partial charge >= 0.3 is 5.97 Å². The summed E-state index contributed by atoms with van der Waals surface area (Å²) in [4.78, 5) is 23.3. The van der Waals surface area contributed by atoms with Gasteiger partial charge in [0.25, 0.3) is 5.91 Å². The Morgan fingerprint density at radius 2 is 2.15 bits per heavy atom. The van der Waals surface area contributed by atoms with E-state index in [-0.39, 0.29) is 11.9 Å². The van der Waals surface area contributed by atoms with Gasteiger partial charge in [0.1, 0.15) is 0 Å². The van der Waals surface area contributed by atoms with Crippen molar-refractivity contribution in [2.45, 2.75) is 25.3 Å². The second-order valence-corrected chi connectivity index (χ2v) is 5.22. The van der Waals surface area contributed by atoms with E-state index in [2.05, 4.69) is 5.32 Å². The van der Waals surface area contributed by atoms with Crippen LogP contribution in [0, 0.1) is 5.92 Å². The minimum Gasteiger partial charge on any atom is -0.481 e. The van der Waals surface area contributed by atoms with Gasteiger partial charge in [0.15, 0.2) is 0 Å². The van der Waals surface area contributed by atoms with E-state index in [0.29, 0.717) is 12.0 Å². The minimum atomic E-state index is -0.824. The molecule has 5 heteroatoms. The van der Waals surface area contributed by atoms with Gasteiger partial charge in [-0.25, -0.2) is 0 Å². The van der Waals surface area contributed by atoms with Gasteiger partial charge < -0.3 is 14.8 Å². The van der Waals surface area contributed by atoms with E-state index in [1.54, 1.807) is 12.3 Å². The molecule has 104 valence electrons. The van der Waals surface area contributed by atoms with Crippen molar-refractivity contribution in [2.75, 3.05) is 0 Å². The zero-order chi connectivity index (χ0) is 14.1. The number of nitrogens with zero attached hydrogens (tertiary/aromatic N) is 1. The highest BCUT2D eigenvalue weighted by Gasteiger charge is 2.34. The summed E-state index contributed by atoms with van der Waals surface area (Å²) in [5.74, 6) is -1.49. The van der Waals surface area contributed by atoms with Gasteiger partial charge in [0.05, 0.1) is 11.5 Å². The number of aromatic nitrogens is 1. The monoisotopic (exact) mass is 272 g/mol. The lowest BCUT2D eigenvalue weighted by atomic mass is 10.0. The molecular weight excluding hydrogens is 256 g/mol. The molecule has 1 saturated carbocycles. The molecule has 20 heavy (non-hydrogen) atoms. The largest absolute Gasteiger partial charge is 0.481 e. The van der Waals surface area contributed by atoms with Gasteiger partial charge in [0, 0.05) is 24.0 Å². The quantitative estimate of drug-likeness (QED) is 0.896. The first-order valence-electron chi connectivity index (χ1n) is 6.75. The predicted molar refractivity (Wildman–Crippen MR) is 73.6 cm³/mol. The fourth-order valence-electron chi connectivity index (χ4n) is 2.86. The highest BCUT2D eigenvalue weighted by Crippen LogP contribution is 2.26. The maximum atomic E-state index is 12.2. The number of fused-ring (bicyclic) bond motifs is 1. The summed E-state index contributed by atoms with van der Waals surface area (Å²) in [6.07, 6.45) is 5.85. The fourth-order valence-corrected chi connectivity index (χ4v) is 2.86. The Kier molecular flexibility index (Phi) is 3.18. The average Bonchev–Trinajstić information content (AvgIpc) is 3.03. The van der Waals surface area contributed by atoms with Crippen molar-refractivity contribution in [1.82, 2.24) is 9.72 Å². The van der Waals surface area contributed by atoms with Gasteiger partial charge in [-0.2, -0.15) is 0 Å². The smallest absolute Gasteiger partial charge is 0.308 e. The molecule has 3 rings (SSSR count). The first kappa shape index (κ1) is 12.7. The van der Waals surface area contributed by atoms with Crippen LogP contribution in [-0.4, -0.2) is 27.4 Å². The Hall–Kier alpha value is -2.30. The summed E-state index contributed by atoms with van der Waals surface area (Å²) >= 11 is 0. The summed E-state index contributed by atoms with van der Waals surface area (Å²) in [7, 11) is 0. The summed E-state index contributed by atoms with van der Waals surface area (Å²) in [6.45, 7) is 0. The molecule has 0 aliphatic heterocycles. The molecule has 1 amide bonds. The van der Waals surface area contributed by atoms with Crippen LogP contribution in [0.2, 0.25) is 0 Å². The lowest BCUT2D eigenvalue weighted by molar-refractivity contribution is -0.142. The molecule has 0 aromatic carbocycles.